The van der Waals surface area contributed by atoms with Gasteiger partial charge in [0.15, 0.2) is 0 Å². The van der Waals surface area contributed by atoms with Gasteiger partial charge in [-0.3, -0.25) is 14.2 Å². The van der Waals surface area contributed by atoms with Gasteiger partial charge in [-0.1, -0.05) is 6.92 Å². The molecule has 0 aromatic carbocycles. The third-order valence-corrected chi connectivity index (χ3v) is 3.80. The molecule has 0 saturated heterocycles. The molecule has 0 amide bonds. The molecule has 6 nitrogen and oxygen atoms in total. The average molecular weight is 275 g/mol. The van der Waals surface area contributed by atoms with E-state index in [2.05, 4.69) is 16.6 Å². The largest absolute Gasteiger partial charge is 0.468 e. The van der Waals surface area contributed by atoms with Crippen molar-refractivity contribution >= 4 is 17.0 Å². The quantitative estimate of drug-likeness (QED) is 0.763. The molecule has 2 aromatic rings. The number of ether oxygens (including phenoxy) is 1. The molecule has 106 valence electrons. The van der Waals surface area contributed by atoms with Gasteiger partial charge in [0.25, 0.3) is 5.56 Å². The van der Waals surface area contributed by atoms with Crippen LogP contribution in [0.5, 0.6) is 0 Å². The highest BCUT2D eigenvalue weighted by molar-refractivity contribution is 5.81. The number of rotatable bonds is 2. The molecule has 1 unspecified atom stereocenters. The van der Waals surface area contributed by atoms with Crippen LogP contribution in [-0.4, -0.2) is 27.2 Å². The summed E-state index contributed by atoms with van der Waals surface area (Å²) < 4.78 is 8.13. The molecule has 1 atom stereocenters. The van der Waals surface area contributed by atoms with Gasteiger partial charge in [-0.15, -0.1) is 0 Å². The smallest absolute Gasteiger partial charge is 0.325 e. The van der Waals surface area contributed by atoms with Gasteiger partial charge in [-0.2, -0.15) is 0 Å². The maximum absolute atomic E-state index is 12.5. The van der Waals surface area contributed by atoms with Crippen molar-refractivity contribution in [3.8, 4) is 0 Å². The molecule has 20 heavy (non-hydrogen) atoms. The minimum Gasteiger partial charge on any atom is -0.468 e. The van der Waals surface area contributed by atoms with Gasteiger partial charge in [0, 0.05) is 19.2 Å². The lowest BCUT2D eigenvalue weighted by Crippen LogP contribution is -2.22. The van der Waals surface area contributed by atoms with Crippen molar-refractivity contribution in [3.05, 3.63) is 27.9 Å². The summed E-state index contributed by atoms with van der Waals surface area (Å²) in [5, 5.41) is 0.603. The van der Waals surface area contributed by atoms with E-state index in [-0.39, 0.29) is 18.1 Å². The molecule has 1 aliphatic heterocycles. The van der Waals surface area contributed by atoms with Crippen LogP contribution in [0.3, 0.4) is 0 Å². The van der Waals surface area contributed by atoms with Crippen LogP contribution in [0.15, 0.2) is 11.0 Å². The predicted molar refractivity (Wildman–Crippen MR) is 73.6 cm³/mol. The second-order valence-electron chi connectivity index (χ2n) is 5.47. The van der Waals surface area contributed by atoms with Crippen LogP contribution in [0.4, 0.5) is 0 Å². The maximum Gasteiger partial charge on any atom is 0.325 e. The summed E-state index contributed by atoms with van der Waals surface area (Å²) in [4.78, 5) is 28.6. The second-order valence-corrected chi connectivity index (χ2v) is 5.47. The number of hydrogen-bond donors (Lipinski definition) is 0. The van der Waals surface area contributed by atoms with E-state index in [1.165, 1.54) is 7.11 Å². The summed E-state index contributed by atoms with van der Waals surface area (Å²) in [6.45, 7) is 4.77. The Bertz CT molecular complexity index is 757. The number of aromatic nitrogens is 3. The highest BCUT2D eigenvalue weighted by atomic mass is 16.5. The van der Waals surface area contributed by atoms with E-state index in [0.717, 1.165) is 24.4 Å². The fourth-order valence-electron chi connectivity index (χ4n) is 2.85. The Morgan fingerprint density at radius 3 is 3.00 bits per heavy atom. The molecule has 0 saturated carbocycles. The zero-order valence-corrected chi connectivity index (χ0v) is 11.8. The third kappa shape index (κ3) is 1.83. The van der Waals surface area contributed by atoms with Crippen LogP contribution in [0.25, 0.3) is 11.0 Å². The van der Waals surface area contributed by atoms with Crippen molar-refractivity contribution in [2.75, 3.05) is 7.11 Å². The molecule has 0 spiro atoms. The molecule has 1 aliphatic rings. The van der Waals surface area contributed by atoms with Crippen LogP contribution in [0.2, 0.25) is 0 Å². The van der Waals surface area contributed by atoms with E-state index < -0.39 is 0 Å². The first kappa shape index (κ1) is 12.9. The van der Waals surface area contributed by atoms with Gasteiger partial charge >= 0.3 is 5.97 Å². The lowest BCUT2D eigenvalue weighted by molar-refractivity contribution is -0.141. The molecule has 0 fully saturated rings. The fourth-order valence-corrected chi connectivity index (χ4v) is 2.85. The standard InChI is InChI=1S/C14H17N3O3/c1-8-4-10-15-13-12(14(19)17(10)5-8)9(2)6-16(13)7-11(18)20-3/h6,8H,4-5,7H2,1-3H3. The Hall–Kier alpha value is -2.11. The highest BCUT2D eigenvalue weighted by Gasteiger charge is 2.24. The van der Waals surface area contributed by atoms with Crippen molar-refractivity contribution in [2.45, 2.75) is 33.4 Å². The Balaban J connectivity index is 2.22. The van der Waals surface area contributed by atoms with Crippen molar-refractivity contribution < 1.29 is 9.53 Å². The number of nitrogens with zero attached hydrogens (tertiary/aromatic N) is 3. The number of fused-ring (bicyclic) bond motifs is 2. The third-order valence-electron chi connectivity index (χ3n) is 3.80. The zero-order chi connectivity index (χ0) is 14.4. The second kappa shape index (κ2) is 4.47. The topological polar surface area (TPSA) is 66.1 Å². The van der Waals surface area contributed by atoms with Crippen molar-refractivity contribution in [1.82, 2.24) is 14.1 Å². The van der Waals surface area contributed by atoms with E-state index in [1.807, 2.05) is 6.92 Å². The number of carbonyl (C=O) groups is 1. The van der Waals surface area contributed by atoms with Gasteiger partial charge in [-0.05, 0) is 18.4 Å². The first-order valence-electron chi connectivity index (χ1n) is 6.67. The Morgan fingerprint density at radius 2 is 2.30 bits per heavy atom. The number of hydrogen-bond acceptors (Lipinski definition) is 4. The fraction of sp³-hybridized carbons (Fsp3) is 0.500. The summed E-state index contributed by atoms with van der Waals surface area (Å²) in [6.07, 6.45) is 2.59. The summed E-state index contributed by atoms with van der Waals surface area (Å²) in [6, 6.07) is 0. The zero-order valence-electron chi connectivity index (χ0n) is 11.8. The molecule has 0 N–H and O–H groups in total. The van der Waals surface area contributed by atoms with E-state index in [1.54, 1.807) is 15.3 Å². The van der Waals surface area contributed by atoms with Gasteiger partial charge in [-0.25, -0.2) is 4.98 Å². The Morgan fingerprint density at radius 1 is 1.55 bits per heavy atom. The molecular formula is C14H17N3O3. The lowest BCUT2D eigenvalue weighted by Gasteiger charge is -2.05. The summed E-state index contributed by atoms with van der Waals surface area (Å²) in [5.74, 6) is 0.882. The maximum atomic E-state index is 12.5. The van der Waals surface area contributed by atoms with Gasteiger partial charge in [0.2, 0.25) is 0 Å². The minimum atomic E-state index is -0.349. The van der Waals surface area contributed by atoms with E-state index in [0.29, 0.717) is 17.0 Å². The number of carbonyl (C=O) groups excluding carboxylic acids is 1. The lowest BCUT2D eigenvalue weighted by atomic mass is 10.1. The number of methoxy groups -OCH3 is 1. The van der Waals surface area contributed by atoms with E-state index in [4.69, 9.17) is 0 Å². The number of aryl methyl sites for hydroxylation is 1. The molecule has 2 aromatic heterocycles. The van der Waals surface area contributed by atoms with Crippen LogP contribution >= 0.6 is 0 Å². The molecule has 0 aliphatic carbocycles. The number of esters is 1. The molecule has 0 bridgehead atoms. The van der Waals surface area contributed by atoms with Crippen molar-refractivity contribution in [2.24, 2.45) is 5.92 Å². The Kier molecular flexibility index (Phi) is 2.88. The predicted octanol–water partition coefficient (Wildman–Crippen LogP) is 0.872. The van der Waals surface area contributed by atoms with Gasteiger partial charge in [0.05, 0.1) is 12.5 Å². The summed E-state index contributed by atoms with van der Waals surface area (Å²) in [5.41, 5.74) is 1.42. The summed E-state index contributed by atoms with van der Waals surface area (Å²) >= 11 is 0. The first-order valence-corrected chi connectivity index (χ1v) is 6.67. The van der Waals surface area contributed by atoms with Gasteiger partial charge in [0.1, 0.15) is 18.0 Å². The Labute approximate surface area is 116 Å². The van der Waals surface area contributed by atoms with E-state index >= 15 is 0 Å². The van der Waals surface area contributed by atoms with Crippen LogP contribution < -0.4 is 5.56 Å². The van der Waals surface area contributed by atoms with Crippen LogP contribution in [-0.2, 0) is 29.0 Å². The van der Waals surface area contributed by atoms with Crippen LogP contribution in [0, 0.1) is 12.8 Å². The minimum absolute atomic E-state index is 0.00420. The molecule has 0 radical (unpaired) electrons. The van der Waals surface area contributed by atoms with Gasteiger partial charge < -0.3 is 9.30 Å². The normalized spacial score (nSPS) is 17.4. The first-order chi connectivity index (χ1) is 9.51. The van der Waals surface area contributed by atoms with Crippen LogP contribution in [0.1, 0.15) is 18.3 Å². The molecule has 3 rings (SSSR count). The summed E-state index contributed by atoms with van der Waals surface area (Å²) in [7, 11) is 1.35. The molecular weight excluding hydrogens is 258 g/mol. The van der Waals surface area contributed by atoms with Crippen molar-refractivity contribution in [3.63, 3.8) is 0 Å². The highest BCUT2D eigenvalue weighted by Crippen LogP contribution is 2.21. The molecule has 6 heteroatoms. The average Bonchev–Trinajstić information content (AvgIpc) is 2.91. The SMILES string of the molecule is COC(=O)Cn1cc(C)c2c(=O)n3c(nc21)CC(C)C3. The van der Waals surface area contributed by atoms with Crippen molar-refractivity contribution in [1.29, 1.82) is 0 Å². The van der Waals surface area contributed by atoms with E-state index in [9.17, 15) is 9.59 Å². The molecule has 3 heterocycles. The monoisotopic (exact) mass is 275 g/mol.